The second-order valence-electron chi connectivity index (χ2n) is 4.13. The molecule has 0 amide bonds. The fourth-order valence-corrected chi connectivity index (χ4v) is 2.44. The summed E-state index contributed by atoms with van der Waals surface area (Å²) in [4.78, 5) is 4.55. The molecule has 0 atom stereocenters. The van der Waals surface area contributed by atoms with E-state index < -0.39 is 0 Å². The van der Waals surface area contributed by atoms with Crippen molar-refractivity contribution < 1.29 is 4.74 Å². The zero-order valence-electron chi connectivity index (χ0n) is 10.5. The van der Waals surface area contributed by atoms with Crippen molar-refractivity contribution in [3.05, 3.63) is 53.1 Å². The summed E-state index contributed by atoms with van der Waals surface area (Å²) < 4.78 is 7.45. The van der Waals surface area contributed by atoms with Gasteiger partial charge in [0.05, 0.1) is 11.9 Å². The Morgan fingerprint density at radius 1 is 1.26 bits per heavy atom. The number of aromatic nitrogens is 3. The molecule has 5 heteroatoms. The van der Waals surface area contributed by atoms with Gasteiger partial charge in [-0.3, -0.25) is 4.68 Å². The highest BCUT2D eigenvalue weighted by atomic mass is 32.1. The quantitative estimate of drug-likeness (QED) is 0.732. The van der Waals surface area contributed by atoms with Crippen molar-refractivity contribution in [3.63, 3.8) is 0 Å². The average molecular weight is 271 g/mol. The summed E-state index contributed by atoms with van der Waals surface area (Å²) >= 11 is 1.60. The van der Waals surface area contributed by atoms with Crippen LogP contribution in [0.15, 0.2) is 48.1 Å². The Morgan fingerprint density at radius 2 is 2.11 bits per heavy atom. The first-order valence-corrected chi connectivity index (χ1v) is 6.80. The van der Waals surface area contributed by atoms with Crippen LogP contribution in [0.4, 0.5) is 0 Å². The predicted octanol–water partition coefficient (Wildman–Crippen LogP) is 3.12. The molecule has 0 aliphatic rings. The van der Waals surface area contributed by atoms with Crippen molar-refractivity contribution in [1.29, 1.82) is 0 Å². The van der Waals surface area contributed by atoms with Gasteiger partial charge in [0.15, 0.2) is 0 Å². The summed E-state index contributed by atoms with van der Waals surface area (Å²) in [5.74, 6) is 0.862. The third-order valence-electron chi connectivity index (χ3n) is 2.66. The first kappa shape index (κ1) is 11.9. The van der Waals surface area contributed by atoms with Crippen molar-refractivity contribution in [2.45, 2.75) is 6.61 Å². The van der Waals surface area contributed by atoms with Gasteiger partial charge in [-0.25, -0.2) is 4.98 Å². The molecule has 0 aliphatic heterocycles. The van der Waals surface area contributed by atoms with Crippen molar-refractivity contribution in [2.75, 3.05) is 0 Å². The Hall–Kier alpha value is -2.14. The molecule has 0 fully saturated rings. The van der Waals surface area contributed by atoms with Gasteiger partial charge in [-0.2, -0.15) is 5.10 Å². The van der Waals surface area contributed by atoms with E-state index in [1.165, 1.54) is 0 Å². The Kier molecular flexibility index (Phi) is 3.29. The van der Waals surface area contributed by atoms with Gasteiger partial charge >= 0.3 is 0 Å². The Morgan fingerprint density at radius 3 is 2.84 bits per heavy atom. The summed E-state index contributed by atoms with van der Waals surface area (Å²) in [5, 5.41) is 7.14. The highest BCUT2D eigenvalue weighted by Gasteiger charge is 2.06. The summed E-state index contributed by atoms with van der Waals surface area (Å²) in [5.41, 5.74) is 1.98. The number of thiazole rings is 1. The van der Waals surface area contributed by atoms with Crippen LogP contribution >= 0.6 is 11.3 Å². The molecule has 19 heavy (non-hydrogen) atoms. The third-order valence-corrected chi connectivity index (χ3v) is 3.48. The van der Waals surface area contributed by atoms with Crippen molar-refractivity contribution in [1.82, 2.24) is 14.8 Å². The molecule has 0 saturated heterocycles. The van der Waals surface area contributed by atoms with Gasteiger partial charge in [-0.1, -0.05) is 18.2 Å². The molecule has 0 bridgehead atoms. The second-order valence-corrected chi connectivity index (χ2v) is 5.07. The van der Waals surface area contributed by atoms with Crippen LogP contribution in [-0.4, -0.2) is 14.8 Å². The number of benzene rings is 1. The van der Waals surface area contributed by atoms with Crippen molar-refractivity contribution in [2.24, 2.45) is 7.05 Å². The highest BCUT2D eigenvalue weighted by Crippen LogP contribution is 2.22. The first-order chi connectivity index (χ1) is 9.31. The largest absolute Gasteiger partial charge is 0.486 e. The molecule has 0 unspecified atom stereocenters. The van der Waals surface area contributed by atoms with Crippen LogP contribution in [0.2, 0.25) is 0 Å². The Labute approximate surface area is 115 Å². The molecule has 96 valence electrons. The SMILES string of the molecule is Cn1cc(-c2csc(COc3ccccc3)n2)cn1. The van der Waals surface area contributed by atoms with Gasteiger partial charge in [0.1, 0.15) is 17.4 Å². The normalized spacial score (nSPS) is 10.6. The molecule has 3 aromatic rings. The molecule has 0 spiro atoms. The minimum absolute atomic E-state index is 0.495. The topological polar surface area (TPSA) is 39.9 Å². The molecule has 0 radical (unpaired) electrons. The van der Waals surface area contributed by atoms with Gasteiger partial charge in [-0.15, -0.1) is 11.3 Å². The van der Waals surface area contributed by atoms with E-state index in [-0.39, 0.29) is 0 Å². The van der Waals surface area contributed by atoms with Crippen LogP contribution in [0.1, 0.15) is 5.01 Å². The molecule has 0 N–H and O–H groups in total. The van der Waals surface area contributed by atoms with E-state index in [9.17, 15) is 0 Å². The molecule has 0 aliphatic carbocycles. The number of ether oxygens (including phenoxy) is 1. The Balaban J connectivity index is 1.68. The number of nitrogens with zero attached hydrogens (tertiary/aromatic N) is 3. The van der Waals surface area contributed by atoms with Gasteiger partial charge < -0.3 is 4.74 Å². The van der Waals surface area contributed by atoms with Crippen LogP contribution < -0.4 is 4.74 Å². The van der Waals surface area contributed by atoms with E-state index in [1.54, 1.807) is 16.0 Å². The number of rotatable bonds is 4. The third kappa shape index (κ3) is 2.82. The van der Waals surface area contributed by atoms with Crippen molar-refractivity contribution in [3.8, 4) is 17.0 Å². The maximum Gasteiger partial charge on any atom is 0.140 e. The maximum absolute atomic E-state index is 5.67. The average Bonchev–Trinajstić information content (AvgIpc) is 3.06. The molecule has 0 saturated carbocycles. The standard InChI is InChI=1S/C14H13N3OS/c1-17-8-11(7-15-17)13-10-19-14(16-13)9-18-12-5-3-2-4-6-12/h2-8,10H,9H2,1H3. The lowest BCUT2D eigenvalue weighted by atomic mass is 10.3. The smallest absolute Gasteiger partial charge is 0.140 e. The first-order valence-electron chi connectivity index (χ1n) is 5.92. The molecule has 3 rings (SSSR count). The summed E-state index contributed by atoms with van der Waals surface area (Å²) in [6.07, 6.45) is 3.77. The van der Waals surface area contributed by atoms with E-state index in [0.717, 1.165) is 22.0 Å². The zero-order valence-corrected chi connectivity index (χ0v) is 11.3. The van der Waals surface area contributed by atoms with Gasteiger partial charge in [0, 0.05) is 24.2 Å². The predicted molar refractivity (Wildman–Crippen MR) is 75.1 cm³/mol. The van der Waals surface area contributed by atoms with Crippen LogP contribution in [0.3, 0.4) is 0 Å². The number of para-hydroxylation sites is 1. The monoisotopic (exact) mass is 271 g/mol. The fraction of sp³-hybridized carbons (Fsp3) is 0.143. The van der Waals surface area contributed by atoms with E-state index in [4.69, 9.17) is 4.74 Å². The van der Waals surface area contributed by atoms with E-state index in [0.29, 0.717) is 6.61 Å². The van der Waals surface area contributed by atoms with E-state index >= 15 is 0 Å². The fourth-order valence-electron chi connectivity index (χ4n) is 1.73. The minimum Gasteiger partial charge on any atom is -0.486 e. The van der Waals surface area contributed by atoms with E-state index in [1.807, 2.05) is 55.2 Å². The number of aryl methyl sites for hydroxylation is 1. The van der Waals surface area contributed by atoms with Crippen LogP contribution in [0, 0.1) is 0 Å². The molecule has 2 heterocycles. The maximum atomic E-state index is 5.67. The summed E-state index contributed by atoms with van der Waals surface area (Å²) in [6, 6.07) is 9.76. The molecule has 2 aromatic heterocycles. The highest BCUT2D eigenvalue weighted by molar-refractivity contribution is 7.09. The minimum atomic E-state index is 0.495. The van der Waals surface area contributed by atoms with Crippen LogP contribution in [0.25, 0.3) is 11.3 Å². The number of hydrogen-bond acceptors (Lipinski definition) is 4. The van der Waals surface area contributed by atoms with Crippen LogP contribution in [-0.2, 0) is 13.7 Å². The van der Waals surface area contributed by atoms with Crippen LogP contribution in [0.5, 0.6) is 5.75 Å². The van der Waals surface area contributed by atoms with Crippen molar-refractivity contribution >= 4 is 11.3 Å². The number of hydrogen-bond donors (Lipinski definition) is 0. The van der Waals surface area contributed by atoms with E-state index in [2.05, 4.69) is 10.1 Å². The Bertz CT molecular complexity index is 660. The summed E-state index contributed by atoms with van der Waals surface area (Å²) in [6.45, 7) is 0.495. The molecular weight excluding hydrogens is 258 g/mol. The van der Waals surface area contributed by atoms with Gasteiger partial charge in [0.25, 0.3) is 0 Å². The molecule has 1 aromatic carbocycles. The van der Waals surface area contributed by atoms with Gasteiger partial charge in [0.2, 0.25) is 0 Å². The lowest BCUT2D eigenvalue weighted by Crippen LogP contribution is -1.94. The lowest BCUT2D eigenvalue weighted by molar-refractivity contribution is 0.305. The summed E-state index contributed by atoms with van der Waals surface area (Å²) in [7, 11) is 1.90. The molecule has 4 nitrogen and oxygen atoms in total. The van der Waals surface area contributed by atoms with Gasteiger partial charge in [-0.05, 0) is 12.1 Å². The lowest BCUT2D eigenvalue weighted by Gasteiger charge is -2.02. The zero-order chi connectivity index (χ0) is 13.1. The second kappa shape index (κ2) is 5.24. The molecular formula is C14H13N3OS.